The number of alkyl halides is 2. The second-order valence-electron chi connectivity index (χ2n) is 4.99. The summed E-state index contributed by atoms with van der Waals surface area (Å²) >= 11 is 0. The summed E-state index contributed by atoms with van der Waals surface area (Å²) in [7, 11) is 0. The largest absolute Gasteiger partial charge is 0.475 e. The van der Waals surface area contributed by atoms with Crippen LogP contribution in [0.2, 0.25) is 0 Å². The molecule has 1 heterocycles. The zero-order valence-corrected chi connectivity index (χ0v) is 10.6. The SMILES string of the molecule is O=C(O)c1oc(CC2CCCCCC2)nc1C(F)F. The highest BCUT2D eigenvalue weighted by Gasteiger charge is 2.27. The number of carbonyl (C=O) groups is 1. The number of nitrogens with zero attached hydrogens (tertiary/aromatic N) is 1. The van der Waals surface area contributed by atoms with Crippen molar-refractivity contribution in [1.29, 1.82) is 0 Å². The number of rotatable bonds is 4. The van der Waals surface area contributed by atoms with Crippen molar-refractivity contribution in [2.45, 2.75) is 51.4 Å². The molecule has 0 aliphatic heterocycles. The number of oxazole rings is 1. The Hall–Kier alpha value is -1.46. The lowest BCUT2D eigenvalue weighted by Crippen LogP contribution is -2.03. The number of carboxylic acids is 1. The average Bonchev–Trinajstić information content (AvgIpc) is 2.60. The number of aromatic carboxylic acids is 1. The van der Waals surface area contributed by atoms with Crippen LogP contribution in [0.5, 0.6) is 0 Å². The van der Waals surface area contributed by atoms with Gasteiger partial charge in [0.2, 0.25) is 5.76 Å². The fraction of sp³-hybridized carbons (Fsp3) is 0.692. The molecule has 1 N–H and O–H groups in total. The summed E-state index contributed by atoms with van der Waals surface area (Å²) in [5.74, 6) is -1.73. The highest BCUT2D eigenvalue weighted by Crippen LogP contribution is 2.28. The molecule has 0 aromatic carbocycles. The van der Waals surface area contributed by atoms with Gasteiger partial charge in [-0.05, 0) is 18.8 Å². The van der Waals surface area contributed by atoms with Gasteiger partial charge in [-0.1, -0.05) is 25.7 Å². The van der Waals surface area contributed by atoms with Crippen LogP contribution in [-0.4, -0.2) is 16.1 Å². The van der Waals surface area contributed by atoms with Crippen LogP contribution in [0.3, 0.4) is 0 Å². The molecule has 19 heavy (non-hydrogen) atoms. The van der Waals surface area contributed by atoms with E-state index in [0.717, 1.165) is 25.7 Å². The van der Waals surface area contributed by atoms with Crippen molar-refractivity contribution in [2.75, 3.05) is 0 Å². The zero-order chi connectivity index (χ0) is 13.8. The second kappa shape index (κ2) is 6.12. The van der Waals surface area contributed by atoms with E-state index >= 15 is 0 Å². The van der Waals surface area contributed by atoms with E-state index in [0.29, 0.717) is 12.3 Å². The van der Waals surface area contributed by atoms with Gasteiger partial charge in [0.05, 0.1) is 0 Å². The van der Waals surface area contributed by atoms with Crippen molar-refractivity contribution in [3.8, 4) is 0 Å². The van der Waals surface area contributed by atoms with Gasteiger partial charge in [-0.2, -0.15) is 0 Å². The highest BCUT2D eigenvalue weighted by atomic mass is 19.3. The molecule has 1 aliphatic carbocycles. The number of halogens is 2. The maximum Gasteiger partial charge on any atom is 0.374 e. The van der Waals surface area contributed by atoms with Crippen molar-refractivity contribution in [2.24, 2.45) is 5.92 Å². The summed E-state index contributed by atoms with van der Waals surface area (Å²) in [6.45, 7) is 0. The van der Waals surface area contributed by atoms with Crippen LogP contribution in [0, 0.1) is 5.92 Å². The number of aromatic nitrogens is 1. The third-order valence-corrected chi connectivity index (χ3v) is 3.54. The van der Waals surface area contributed by atoms with E-state index in [-0.39, 0.29) is 5.89 Å². The van der Waals surface area contributed by atoms with Crippen LogP contribution < -0.4 is 0 Å². The summed E-state index contributed by atoms with van der Waals surface area (Å²) in [4.78, 5) is 14.5. The molecular formula is C13H17F2NO3. The van der Waals surface area contributed by atoms with Crippen molar-refractivity contribution in [3.63, 3.8) is 0 Å². The molecule has 1 aromatic rings. The van der Waals surface area contributed by atoms with Gasteiger partial charge in [-0.15, -0.1) is 0 Å². The summed E-state index contributed by atoms with van der Waals surface area (Å²) in [5, 5.41) is 8.81. The molecular weight excluding hydrogens is 256 g/mol. The lowest BCUT2D eigenvalue weighted by molar-refractivity contribution is 0.0643. The smallest absolute Gasteiger partial charge is 0.374 e. The first-order valence-electron chi connectivity index (χ1n) is 6.59. The van der Waals surface area contributed by atoms with Crippen LogP contribution in [0.25, 0.3) is 0 Å². The molecule has 4 nitrogen and oxygen atoms in total. The van der Waals surface area contributed by atoms with Gasteiger partial charge in [-0.25, -0.2) is 18.6 Å². The average molecular weight is 273 g/mol. The van der Waals surface area contributed by atoms with Crippen molar-refractivity contribution < 1.29 is 23.1 Å². The van der Waals surface area contributed by atoms with E-state index in [2.05, 4.69) is 4.98 Å². The van der Waals surface area contributed by atoms with Crippen LogP contribution in [0.15, 0.2) is 4.42 Å². The Labute approximate surface area is 109 Å². The molecule has 0 bridgehead atoms. The fourth-order valence-electron chi connectivity index (χ4n) is 2.58. The number of carboxylic acid groups (broad SMARTS) is 1. The van der Waals surface area contributed by atoms with Gasteiger partial charge in [0, 0.05) is 6.42 Å². The Kier molecular flexibility index (Phi) is 4.50. The number of hydrogen-bond acceptors (Lipinski definition) is 3. The molecule has 106 valence electrons. The summed E-state index contributed by atoms with van der Waals surface area (Å²) < 4.78 is 30.3. The zero-order valence-electron chi connectivity index (χ0n) is 10.6. The first kappa shape index (κ1) is 14.0. The molecule has 0 radical (unpaired) electrons. The Morgan fingerprint density at radius 2 is 1.95 bits per heavy atom. The van der Waals surface area contributed by atoms with E-state index in [1.165, 1.54) is 12.8 Å². The van der Waals surface area contributed by atoms with Gasteiger partial charge in [-0.3, -0.25) is 0 Å². The first-order chi connectivity index (χ1) is 9.08. The molecule has 2 rings (SSSR count). The van der Waals surface area contributed by atoms with Crippen molar-refractivity contribution in [3.05, 3.63) is 17.3 Å². The van der Waals surface area contributed by atoms with Gasteiger partial charge in [0.1, 0.15) is 0 Å². The second-order valence-corrected chi connectivity index (χ2v) is 4.99. The Morgan fingerprint density at radius 3 is 2.42 bits per heavy atom. The molecule has 0 atom stereocenters. The van der Waals surface area contributed by atoms with Gasteiger partial charge in [0.25, 0.3) is 6.43 Å². The van der Waals surface area contributed by atoms with Gasteiger partial charge >= 0.3 is 5.97 Å². The lowest BCUT2D eigenvalue weighted by atomic mass is 9.97. The Balaban J connectivity index is 2.11. The predicted molar refractivity (Wildman–Crippen MR) is 63.3 cm³/mol. The van der Waals surface area contributed by atoms with Gasteiger partial charge in [0.15, 0.2) is 11.6 Å². The van der Waals surface area contributed by atoms with Crippen LogP contribution >= 0.6 is 0 Å². The molecule has 0 spiro atoms. The van der Waals surface area contributed by atoms with E-state index in [4.69, 9.17) is 9.52 Å². The normalized spacial score (nSPS) is 17.6. The topological polar surface area (TPSA) is 63.3 Å². The maximum atomic E-state index is 12.7. The molecule has 0 amide bonds. The van der Waals surface area contributed by atoms with E-state index in [1.807, 2.05) is 0 Å². The Morgan fingerprint density at radius 1 is 1.32 bits per heavy atom. The van der Waals surface area contributed by atoms with E-state index < -0.39 is 23.8 Å². The van der Waals surface area contributed by atoms with Gasteiger partial charge < -0.3 is 9.52 Å². The standard InChI is InChI=1S/C13H17F2NO3/c14-12(15)10-11(13(17)18)19-9(16-10)7-8-5-3-1-2-4-6-8/h8,12H,1-7H2,(H,17,18). The van der Waals surface area contributed by atoms with Crippen LogP contribution in [0.1, 0.15) is 67.1 Å². The molecule has 1 aliphatic rings. The Bertz CT molecular complexity index is 437. The molecule has 6 heteroatoms. The minimum atomic E-state index is -2.92. The van der Waals surface area contributed by atoms with Crippen LogP contribution in [0.4, 0.5) is 8.78 Å². The van der Waals surface area contributed by atoms with E-state index in [9.17, 15) is 13.6 Å². The lowest BCUT2D eigenvalue weighted by Gasteiger charge is -2.10. The van der Waals surface area contributed by atoms with Crippen molar-refractivity contribution >= 4 is 5.97 Å². The van der Waals surface area contributed by atoms with Crippen molar-refractivity contribution in [1.82, 2.24) is 4.98 Å². The summed E-state index contributed by atoms with van der Waals surface area (Å²) in [5.41, 5.74) is -0.754. The minimum absolute atomic E-state index is 0.125. The third kappa shape index (κ3) is 3.52. The molecule has 0 saturated heterocycles. The molecule has 1 fully saturated rings. The first-order valence-corrected chi connectivity index (χ1v) is 6.59. The fourth-order valence-corrected chi connectivity index (χ4v) is 2.58. The summed E-state index contributed by atoms with van der Waals surface area (Å²) in [6, 6.07) is 0. The molecule has 1 saturated carbocycles. The number of hydrogen-bond donors (Lipinski definition) is 1. The van der Waals surface area contributed by atoms with Crippen LogP contribution in [-0.2, 0) is 6.42 Å². The monoisotopic (exact) mass is 273 g/mol. The maximum absolute atomic E-state index is 12.7. The highest BCUT2D eigenvalue weighted by molar-refractivity contribution is 5.85. The molecule has 0 unspecified atom stereocenters. The minimum Gasteiger partial charge on any atom is -0.475 e. The third-order valence-electron chi connectivity index (χ3n) is 3.54. The van der Waals surface area contributed by atoms with E-state index in [1.54, 1.807) is 0 Å². The molecule has 1 aromatic heterocycles. The predicted octanol–water partition coefficient (Wildman–Crippen LogP) is 3.82. The quantitative estimate of drug-likeness (QED) is 0.847. The summed E-state index contributed by atoms with van der Waals surface area (Å²) in [6.07, 6.45) is 4.22.